The first kappa shape index (κ1) is 16.8. The van der Waals surface area contributed by atoms with Crippen molar-refractivity contribution >= 4 is 17.8 Å². The monoisotopic (exact) mass is 364 g/mol. The number of fused-ring (bicyclic) bond motifs is 1. The number of carbonyl (C=O) groups excluding carboxylic acids is 2. The number of hydrogen-bond acceptors (Lipinski definition) is 5. The van der Waals surface area contributed by atoms with Gasteiger partial charge in [0.15, 0.2) is 5.76 Å². The molecule has 0 saturated carbocycles. The summed E-state index contributed by atoms with van der Waals surface area (Å²) in [6.07, 6.45) is 3.00. The fraction of sp³-hybridized carbons (Fsp3) is 0.0476. The van der Waals surface area contributed by atoms with Gasteiger partial charge in [0.05, 0.1) is 17.4 Å². The van der Waals surface area contributed by atoms with Crippen molar-refractivity contribution < 1.29 is 27.9 Å². The maximum atomic E-state index is 13.0. The van der Waals surface area contributed by atoms with E-state index >= 15 is 0 Å². The SMILES string of the molecule is Cc1cc(OC(=O)c2ccc(F)cc2)cc2c1C(=O)/C(=C/c1ccco1)O2. The Kier molecular flexibility index (Phi) is 4.08. The number of ketones is 1. The van der Waals surface area contributed by atoms with E-state index in [0.717, 1.165) is 0 Å². The van der Waals surface area contributed by atoms with E-state index in [9.17, 15) is 14.0 Å². The number of aryl methyl sites for hydroxylation is 1. The number of benzene rings is 2. The third-order valence-electron chi connectivity index (χ3n) is 4.05. The molecule has 6 heteroatoms. The van der Waals surface area contributed by atoms with Gasteiger partial charge in [0.25, 0.3) is 0 Å². The van der Waals surface area contributed by atoms with E-state index < -0.39 is 11.8 Å². The van der Waals surface area contributed by atoms with Gasteiger partial charge in [-0.15, -0.1) is 0 Å². The minimum Gasteiger partial charge on any atom is -0.465 e. The van der Waals surface area contributed by atoms with Gasteiger partial charge in [0, 0.05) is 12.1 Å². The largest absolute Gasteiger partial charge is 0.465 e. The van der Waals surface area contributed by atoms with Crippen LogP contribution in [-0.4, -0.2) is 11.8 Å². The normalized spacial score (nSPS) is 14.1. The summed E-state index contributed by atoms with van der Waals surface area (Å²) >= 11 is 0. The minimum absolute atomic E-state index is 0.130. The van der Waals surface area contributed by atoms with E-state index in [4.69, 9.17) is 13.9 Å². The number of carbonyl (C=O) groups is 2. The molecule has 0 N–H and O–H groups in total. The Morgan fingerprint density at radius 3 is 2.63 bits per heavy atom. The highest BCUT2D eigenvalue weighted by atomic mass is 19.1. The Balaban J connectivity index is 1.60. The van der Waals surface area contributed by atoms with Crippen LogP contribution < -0.4 is 9.47 Å². The van der Waals surface area contributed by atoms with E-state index in [0.29, 0.717) is 22.6 Å². The van der Waals surface area contributed by atoms with Gasteiger partial charge in [-0.05, 0) is 55.0 Å². The quantitative estimate of drug-likeness (QED) is 0.387. The van der Waals surface area contributed by atoms with Crippen molar-refractivity contribution in [2.45, 2.75) is 6.92 Å². The molecule has 2 aromatic carbocycles. The lowest BCUT2D eigenvalue weighted by Gasteiger charge is -2.07. The average molecular weight is 364 g/mol. The fourth-order valence-electron chi connectivity index (χ4n) is 2.79. The molecule has 0 bridgehead atoms. The van der Waals surface area contributed by atoms with Gasteiger partial charge in [-0.2, -0.15) is 0 Å². The molecule has 1 aliphatic rings. The summed E-state index contributed by atoms with van der Waals surface area (Å²) in [6.45, 7) is 1.73. The maximum Gasteiger partial charge on any atom is 0.343 e. The van der Waals surface area contributed by atoms with Crippen LogP contribution in [0.1, 0.15) is 32.0 Å². The number of hydrogen-bond donors (Lipinski definition) is 0. The van der Waals surface area contributed by atoms with Gasteiger partial charge in [-0.1, -0.05) is 0 Å². The lowest BCUT2D eigenvalue weighted by atomic mass is 10.0. The molecule has 134 valence electrons. The van der Waals surface area contributed by atoms with Crippen LogP contribution in [0.5, 0.6) is 11.5 Å². The van der Waals surface area contributed by atoms with Gasteiger partial charge in [0.1, 0.15) is 23.1 Å². The predicted molar refractivity (Wildman–Crippen MR) is 94.2 cm³/mol. The molecule has 0 aliphatic carbocycles. The minimum atomic E-state index is -0.634. The summed E-state index contributed by atoms with van der Waals surface area (Å²) in [6, 6.07) is 11.5. The molecule has 0 amide bonds. The van der Waals surface area contributed by atoms with Crippen molar-refractivity contribution in [1.82, 2.24) is 0 Å². The molecule has 0 atom stereocenters. The fourth-order valence-corrected chi connectivity index (χ4v) is 2.79. The highest BCUT2D eigenvalue weighted by molar-refractivity contribution is 6.15. The van der Waals surface area contributed by atoms with E-state index in [1.807, 2.05) is 0 Å². The number of Topliss-reactive ketones (excluding diaryl/α,β-unsaturated/α-hetero) is 1. The number of ether oxygens (including phenoxy) is 2. The van der Waals surface area contributed by atoms with Crippen LogP contribution in [0.15, 0.2) is 65.0 Å². The Morgan fingerprint density at radius 1 is 1.15 bits per heavy atom. The van der Waals surface area contributed by atoms with Crippen LogP contribution in [0, 0.1) is 12.7 Å². The van der Waals surface area contributed by atoms with E-state index in [1.165, 1.54) is 42.7 Å². The first-order chi connectivity index (χ1) is 13.0. The summed E-state index contributed by atoms with van der Waals surface area (Å²) in [5.74, 6) is -0.188. The number of rotatable bonds is 3. The van der Waals surface area contributed by atoms with Gasteiger partial charge >= 0.3 is 5.97 Å². The molecular weight excluding hydrogens is 351 g/mol. The highest BCUT2D eigenvalue weighted by Gasteiger charge is 2.30. The van der Waals surface area contributed by atoms with Crippen LogP contribution in [0.2, 0.25) is 0 Å². The first-order valence-corrected chi connectivity index (χ1v) is 8.11. The predicted octanol–water partition coefficient (Wildman–Crippen LogP) is 4.56. The van der Waals surface area contributed by atoms with Crippen LogP contribution in [0.3, 0.4) is 0 Å². The van der Waals surface area contributed by atoms with Crippen molar-refractivity contribution in [2.75, 3.05) is 0 Å². The van der Waals surface area contributed by atoms with Crippen molar-refractivity contribution in [1.29, 1.82) is 0 Å². The third kappa shape index (κ3) is 3.25. The summed E-state index contributed by atoms with van der Waals surface area (Å²) < 4.78 is 29.1. The molecule has 0 fully saturated rings. The molecule has 2 heterocycles. The molecule has 0 unspecified atom stereocenters. The molecule has 1 aliphatic heterocycles. The Bertz CT molecular complexity index is 1060. The van der Waals surface area contributed by atoms with Crippen LogP contribution in [0.4, 0.5) is 4.39 Å². The molecule has 1 aromatic heterocycles. The lowest BCUT2D eigenvalue weighted by molar-refractivity contribution is 0.0734. The number of esters is 1. The Labute approximate surface area is 153 Å². The molecule has 3 aromatic rings. The van der Waals surface area contributed by atoms with Gasteiger partial charge in [-0.3, -0.25) is 4.79 Å². The van der Waals surface area contributed by atoms with Crippen LogP contribution >= 0.6 is 0 Å². The lowest BCUT2D eigenvalue weighted by Crippen LogP contribution is -2.08. The van der Waals surface area contributed by atoms with Crippen molar-refractivity contribution in [2.24, 2.45) is 0 Å². The van der Waals surface area contributed by atoms with Crippen molar-refractivity contribution in [3.8, 4) is 11.5 Å². The number of halogens is 1. The molecule has 0 radical (unpaired) electrons. The van der Waals surface area contributed by atoms with Gasteiger partial charge < -0.3 is 13.9 Å². The van der Waals surface area contributed by atoms with Gasteiger partial charge in [0.2, 0.25) is 5.78 Å². The van der Waals surface area contributed by atoms with E-state index in [1.54, 1.807) is 25.1 Å². The summed E-state index contributed by atoms with van der Waals surface area (Å²) in [4.78, 5) is 24.8. The van der Waals surface area contributed by atoms with E-state index in [-0.39, 0.29) is 22.9 Å². The third-order valence-corrected chi connectivity index (χ3v) is 4.05. The number of allylic oxidation sites excluding steroid dienone is 1. The summed E-state index contributed by atoms with van der Waals surface area (Å²) in [7, 11) is 0. The molecule has 27 heavy (non-hydrogen) atoms. The van der Waals surface area contributed by atoms with Crippen LogP contribution in [-0.2, 0) is 0 Å². The van der Waals surface area contributed by atoms with Crippen LogP contribution in [0.25, 0.3) is 6.08 Å². The first-order valence-electron chi connectivity index (χ1n) is 8.11. The molecular formula is C21H13FO5. The molecule has 0 saturated heterocycles. The molecule has 0 spiro atoms. The standard InChI is InChI=1S/C21H13FO5/c1-12-9-16(26-21(24)13-4-6-14(22)7-5-13)11-17-19(12)20(23)18(27-17)10-15-3-2-8-25-15/h2-11H,1H3/b18-10-. The van der Waals surface area contributed by atoms with Crippen molar-refractivity contribution in [3.63, 3.8) is 0 Å². The smallest absolute Gasteiger partial charge is 0.343 e. The van der Waals surface area contributed by atoms with Gasteiger partial charge in [-0.25, -0.2) is 9.18 Å². The summed E-state index contributed by atoms with van der Waals surface area (Å²) in [5.41, 5.74) is 1.24. The Hall–Kier alpha value is -3.67. The maximum absolute atomic E-state index is 13.0. The molecule has 4 rings (SSSR count). The van der Waals surface area contributed by atoms with Crippen molar-refractivity contribution in [3.05, 3.63) is 88.8 Å². The summed E-state index contributed by atoms with van der Waals surface area (Å²) in [5, 5.41) is 0. The average Bonchev–Trinajstić information content (AvgIpc) is 3.24. The second-order valence-corrected chi connectivity index (χ2v) is 5.96. The zero-order chi connectivity index (χ0) is 19.0. The zero-order valence-corrected chi connectivity index (χ0v) is 14.2. The number of furan rings is 1. The molecule has 5 nitrogen and oxygen atoms in total. The second kappa shape index (κ2) is 6.57. The highest BCUT2D eigenvalue weighted by Crippen LogP contribution is 2.37. The Morgan fingerprint density at radius 2 is 1.93 bits per heavy atom. The van der Waals surface area contributed by atoms with E-state index in [2.05, 4.69) is 0 Å². The second-order valence-electron chi connectivity index (χ2n) is 5.96. The zero-order valence-electron chi connectivity index (χ0n) is 14.2. The topological polar surface area (TPSA) is 65.7 Å².